The Morgan fingerprint density at radius 1 is 1.06 bits per heavy atom. The summed E-state index contributed by atoms with van der Waals surface area (Å²) in [5.74, 6) is 0. The highest BCUT2D eigenvalue weighted by Gasteiger charge is 2.36. The Kier molecular flexibility index (Phi) is 5.67. The van der Waals surface area contributed by atoms with E-state index in [1.807, 2.05) is 59.6 Å². The Hall–Kier alpha value is -3.06. The van der Waals surface area contributed by atoms with Crippen LogP contribution in [0, 0.1) is 6.92 Å². The fraction of sp³-hybridized carbons (Fsp3) is 0.250. The lowest BCUT2D eigenvalue weighted by Gasteiger charge is -2.32. The molecule has 0 spiro atoms. The van der Waals surface area contributed by atoms with Crippen molar-refractivity contribution in [2.45, 2.75) is 32.5 Å². The highest BCUT2D eigenvalue weighted by atomic mass is 35.5. The first-order valence-corrected chi connectivity index (χ1v) is 13.1. The van der Waals surface area contributed by atoms with Crippen LogP contribution in [-0.4, -0.2) is 34.0 Å². The summed E-state index contributed by atoms with van der Waals surface area (Å²) in [6.45, 7) is 4.50. The molecule has 0 fully saturated rings. The fourth-order valence-corrected chi connectivity index (χ4v) is 6.83. The van der Waals surface area contributed by atoms with Gasteiger partial charge in [0.15, 0.2) is 0 Å². The van der Waals surface area contributed by atoms with Gasteiger partial charge in [0.1, 0.15) is 5.00 Å². The summed E-state index contributed by atoms with van der Waals surface area (Å²) in [6.07, 6.45) is 3.14. The lowest BCUT2D eigenvalue weighted by molar-refractivity contribution is 0.194. The monoisotopic (exact) mass is 502 g/mol. The van der Waals surface area contributed by atoms with Gasteiger partial charge in [0.2, 0.25) is 0 Å². The Morgan fingerprint density at radius 3 is 2.69 bits per heavy atom. The molecule has 0 bridgehead atoms. The van der Waals surface area contributed by atoms with E-state index in [1.54, 1.807) is 0 Å². The predicted molar refractivity (Wildman–Crippen MR) is 143 cm³/mol. The zero-order chi connectivity index (χ0) is 24.1. The number of nitrogens with zero attached hydrogens (tertiary/aromatic N) is 3. The maximum absolute atomic E-state index is 13.9. The molecule has 0 unspecified atom stereocenters. The van der Waals surface area contributed by atoms with E-state index in [4.69, 9.17) is 11.6 Å². The highest BCUT2D eigenvalue weighted by molar-refractivity contribution is 7.15. The minimum Gasteiger partial charge on any atom is -0.310 e. The molecule has 5 nitrogen and oxygen atoms in total. The van der Waals surface area contributed by atoms with Crippen LogP contribution in [0.25, 0.3) is 5.00 Å². The SMILES string of the molecule is Cc1ccc(NC(=O)N2Cc3c(sc4c3CCN(C)C4)-n3cccc3[C@@H]2c2ccccc2)cc1Cl. The van der Waals surface area contributed by atoms with Crippen LogP contribution in [-0.2, 0) is 19.5 Å². The van der Waals surface area contributed by atoms with Gasteiger partial charge in [0.05, 0.1) is 18.3 Å². The van der Waals surface area contributed by atoms with Gasteiger partial charge in [-0.3, -0.25) is 0 Å². The van der Waals surface area contributed by atoms with Crippen LogP contribution in [0.4, 0.5) is 10.5 Å². The summed E-state index contributed by atoms with van der Waals surface area (Å²) < 4.78 is 2.30. The van der Waals surface area contributed by atoms with E-state index in [9.17, 15) is 4.79 Å². The molecule has 2 aliphatic rings. The molecule has 1 atom stereocenters. The lowest BCUT2D eigenvalue weighted by atomic mass is 10.0. The summed E-state index contributed by atoms with van der Waals surface area (Å²) >= 11 is 8.22. The van der Waals surface area contributed by atoms with Crippen LogP contribution in [0.2, 0.25) is 5.02 Å². The number of hydrogen-bond acceptors (Lipinski definition) is 3. The Morgan fingerprint density at radius 2 is 1.89 bits per heavy atom. The van der Waals surface area contributed by atoms with Crippen LogP contribution in [0.5, 0.6) is 0 Å². The minimum atomic E-state index is -0.214. The first-order chi connectivity index (χ1) is 17.0. The van der Waals surface area contributed by atoms with Crippen molar-refractivity contribution in [1.29, 1.82) is 0 Å². The molecule has 2 aromatic carbocycles. The van der Waals surface area contributed by atoms with Crippen molar-refractivity contribution < 1.29 is 4.79 Å². The van der Waals surface area contributed by atoms with E-state index >= 15 is 0 Å². The zero-order valence-electron chi connectivity index (χ0n) is 19.8. The van der Waals surface area contributed by atoms with E-state index < -0.39 is 0 Å². The molecule has 0 aliphatic carbocycles. The number of aromatic nitrogens is 1. The summed E-state index contributed by atoms with van der Waals surface area (Å²) in [6, 6.07) is 19.8. The molecule has 35 heavy (non-hydrogen) atoms. The van der Waals surface area contributed by atoms with Gasteiger partial charge in [-0.15, -0.1) is 11.3 Å². The number of hydrogen-bond donors (Lipinski definition) is 1. The first kappa shape index (κ1) is 22.4. The maximum Gasteiger partial charge on any atom is 0.322 e. The number of nitrogens with one attached hydrogen (secondary N) is 1. The van der Waals surface area contributed by atoms with Gasteiger partial charge in [-0.05, 0) is 61.3 Å². The number of carbonyl (C=O) groups excluding carboxylic acids is 1. The standard InChI is InChI=1S/C28H27ClN4OS/c1-18-10-11-20(15-23(18)29)30-28(34)33-16-22-21-12-14-31(2)17-25(21)35-27(22)32-13-6-9-24(32)26(33)19-7-4-3-5-8-19/h3-11,13,15,26H,12,14,16-17H2,1-2H3,(H,30,34)/t26-/m0/s1. The molecule has 2 aliphatic heterocycles. The second-order valence-electron chi connectivity index (χ2n) is 9.41. The number of anilines is 1. The summed E-state index contributed by atoms with van der Waals surface area (Å²) in [4.78, 5) is 19.7. The number of aryl methyl sites for hydroxylation is 1. The van der Waals surface area contributed by atoms with Gasteiger partial charge < -0.3 is 19.7 Å². The van der Waals surface area contributed by atoms with Gasteiger partial charge in [-0.1, -0.05) is 48.0 Å². The fourth-order valence-electron chi connectivity index (χ4n) is 5.20. The minimum absolute atomic E-state index is 0.132. The van der Waals surface area contributed by atoms with Crippen LogP contribution < -0.4 is 5.32 Å². The predicted octanol–water partition coefficient (Wildman–Crippen LogP) is 6.63. The number of carbonyl (C=O) groups is 1. The van der Waals surface area contributed by atoms with Crippen LogP contribution >= 0.6 is 22.9 Å². The second-order valence-corrected chi connectivity index (χ2v) is 10.9. The molecule has 2 aromatic heterocycles. The topological polar surface area (TPSA) is 40.5 Å². The third-order valence-electron chi connectivity index (χ3n) is 7.05. The van der Waals surface area contributed by atoms with Gasteiger partial charge in [-0.25, -0.2) is 4.79 Å². The van der Waals surface area contributed by atoms with Gasteiger partial charge in [-0.2, -0.15) is 0 Å². The average molecular weight is 503 g/mol. The van der Waals surface area contributed by atoms with Gasteiger partial charge >= 0.3 is 6.03 Å². The number of halogens is 1. The molecule has 178 valence electrons. The third-order valence-corrected chi connectivity index (χ3v) is 8.72. The largest absolute Gasteiger partial charge is 0.322 e. The molecule has 0 radical (unpaired) electrons. The molecule has 1 N–H and O–H groups in total. The molecule has 2 amide bonds. The normalized spacial score (nSPS) is 17.3. The van der Waals surface area contributed by atoms with E-state index in [2.05, 4.69) is 52.3 Å². The van der Waals surface area contributed by atoms with Gasteiger partial charge in [0, 0.05) is 40.4 Å². The third kappa shape index (κ3) is 3.96. The zero-order valence-corrected chi connectivity index (χ0v) is 21.4. The van der Waals surface area contributed by atoms with Crippen molar-refractivity contribution in [2.75, 3.05) is 18.9 Å². The van der Waals surface area contributed by atoms with Crippen molar-refractivity contribution in [3.8, 4) is 5.00 Å². The van der Waals surface area contributed by atoms with E-state index in [0.717, 1.165) is 36.3 Å². The van der Waals surface area contributed by atoms with Gasteiger partial charge in [0.25, 0.3) is 0 Å². The summed E-state index contributed by atoms with van der Waals surface area (Å²) in [5, 5.41) is 5.01. The Labute approximate surface area is 214 Å². The molecular weight excluding hydrogens is 476 g/mol. The van der Waals surface area contributed by atoms with Crippen molar-refractivity contribution in [1.82, 2.24) is 14.4 Å². The first-order valence-electron chi connectivity index (χ1n) is 11.9. The van der Waals surface area contributed by atoms with Crippen molar-refractivity contribution in [3.63, 3.8) is 0 Å². The molecule has 0 saturated heterocycles. The number of rotatable bonds is 2. The maximum atomic E-state index is 13.9. The number of urea groups is 1. The van der Waals surface area contributed by atoms with Crippen molar-refractivity contribution >= 4 is 34.7 Å². The smallest absolute Gasteiger partial charge is 0.310 e. The number of fused-ring (bicyclic) bond motifs is 5. The van der Waals surface area contributed by atoms with E-state index in [0.29, 0.717) is 17.3 Å². The number of benzene rings is 2. The van der Waals surface area contributed by atoms with Crippen LogP contribution in [0.1, 0.15) is 38.9 Å². The molecule has 4 heterocycles. The molecule has 6 rings (SSSR count). The lowest BCUT2D eigenvalue weighted by Crippen LogP contribution is -2.38. The van der Waals surface area contributed by atoms with E-state index in [1.165, 1.54) is 21.0 Å². The number of thiophene rings is 1. The summed E-state index contributed by atoms with van der Waals surface area (Å²) in [7, 11) is 2.17. The highest BCUT2D eigenvalue weighted by Crippen LogP contribution is 2.43. The molecule has 0 saturated carbocycles. The quantitative estimate of drug-likeness (QED) is 0.334. The van der Waals surface area contributed by atoms with Crippen LogP contribution in [0.3, 0.4) is 0 Å². The molecule has 4 aromatic rings. The average Bonchev–Trinajstić information content (AvgIpc) is 3.43. The molecular formula is C28H27ClN4OS. The molecule has 7 heteroatoms. The summed E-state index contributed by atoms with van der Waals surface area (Å²) in [5.41, 5.74) is 6.55. The number of likely N-dealkylation sites (N-methyl/N-ethyl adjacent to an activating group) is 1. The second kappa shape index (κ2) is 8.86. The Bertz CT molecular complexity index is 1410. The van der Waals surface area contributed by atoms with Crippen molar-refractivity contribution in [3.05, 3.63) is 105 Å². The van der Waals surface area contributed by atoms with Crippen molar-refractivity contribution in [2.24, 2.45) is 0 Å². The number of amides is 2. The van der Waals surface area contributed by atoms with E-state index in [-0.39, 0.29) is 12.1 Å². The Balaban J connectivity index is 1.48. The van der Waals surface area contributed by atoms with Crippen LogP contribution in [0.15, 0.2) is 66.9 Å².